The zero-order valence-electron chi connectivity index (χ0n) is 16.8. The van der Waals surface area contributed by atoms with Crippen LogP contribution in [0.3, 0.4) is 0 Å². The highest BCUT2D eigenvalue weighted by atomic mass is 16.5. The minimum absolute atomic E-state index is 0.0635. The van der Waals surface area contributed by atoms with Crippen molar-refractivity contribution < 1.29 is 14.3 Å². The Hall–Kier alpha value is -1.88. The number of rotatable bonds is 5. The normalized spacial score (nSPS) is 22.5. The summed E-state index contributed by atoms with van der Waals surface area (Å²) in [6, 6.07) is 10.1. The number of piperidine rings is 2. The molecule has 1 spiro atoms. The van der Waals surface area contributed by atoms with Crippen LogP contribution in [-0.2, 0) is 14.3 Å². The lowest BCUT2D eigenvalue weighted by Crippen LogP contribution is -2.54. The Bertz CT molecular complexity index is 651. The lowest BCUT2D eigenvalue weighted by molar-refractivity contribution is -0.146. The molecule has 0 aromatic heterocycles. The van der Waals surface area contributed by atoms with Crippen molar-refractivity contribution in [2.75, 3.05) is 32.8 Å². The summed E-state index contributed by atoms with van der Waals surface area (Å²) in [7, 11) is 0. The van der Waals surface area contributed by atoms with Crippen LogP contribution in [-0.4, -0.2) is 60.5 Å². The van der Waals surface area contributed by atoms with Gasteiger partial charge < -0.3 is 14.5 Å². The molecule has 2 saturated heterocycles. The van der Waals surface area contributed by atoms with Gasteiger partial charge in [0.2, 0.25) is 11.8 Å². The van der Waals surface area contributed by atoms with Gasteiger partial charge in [-0.25, -0.2) is 0 Å². The summed E-state index contributed by atoms with van der Waals surface area (Å²) in [6.07, 6.45) is 2.86. The summed E-state index contributed by atoms with van der Waals surface area (Å²) in [5.41, 5.74) is 1.23. The minimum atomic E-state index is -0.0635. The van der Waals surface area contributed by atoms with Crippen molar-refractivity contribution in [3.63, 3.8) is 0 Å². The molecule has 2 aliphatic heterocycles. The van der Waals surface area contributed by atoms with Crippen LogP contribution in [0.25, 0.3) is 0 Å². The number of benzene rings is 1. The van der Waals surface area contributed by atoms with E-state index in [2.05, 4.69) is 19.1 Å². The van der Waals surface area contributed by atoms with Gasteiger partial charge in [0.25, 0.3) is 0 Å². The predicted octanol–water partition coefficient (Wildman–Crippen LogP) is 3.06. The van der Waals surface area contributed by atoms with Gasteiger partial charge in [-0.3, -0.25) is 9.59 Å². The molecule has 0 saturated carbocycles. The number of likely N-dealkylation sites (N-methyl/N-ethyl adjacent to an activating group) is 1. The molecule has 27 heavy (non-hydrogen) atoms. The molecule has 2 amide bonds. The Morgan fingerprint density at radius 3 is 2.48 bits per heavy atom. The second-order valence-electron chi connectivity index (χ2n) is 8.26. The fourth-order valence-corrected chi connectivity index (χ4v) is 4.42. The molecule has 0 radical (unpaired) electrons. The van der Waals surface area contributed by atoms with E-state index in [9.17, 15) is 9.59 Å². The maximum atomic E-state index is 12.9. The van der Waals surface area contributed by atoms with E-state index < -0.39 is 0 Å². The van der Waals surface area contributed by atoms with Gasteiger partial charge in [0.05, 0.1) is 12.0 Å². The Kier molecular flexibility index (Phi) is 6.20. The first-order valence-corrected chi connectivity index (χ1v) is 10.2. The molecular weight excluding hydrogens is 340 g/mol. The summed E-state index contributed by atoms with van der Waals surface area (Å²) in [6.45, 7) is 9.19. The number of ether oxygens (including phenoxy) is 1. The number of likely N-dealkylation sites (tertiary alicyclic amines) is 2. The van der Waals surface area contributed by atoms with Crippen molar-refractivity contribution in [1.29, 1.82) is 0 Å². The fourth-order valence-electron chi connectivity index (χ4n) is 4.42. The molecule has 0 unspecified atom stereocenters. The summed E-state index contributed by atoms with van der Waals surface area (Å²) in [4.78, 5) is 29.3. The third-order valence-corrected chi connectivity index (χ3v) is 6.07. The molecule has 0 aliphatic carbocycles. The molecular formula is C22H32N2O3. The number of amides is 2. The van der Waals surface area contributed by atoms with E-state index in [4.69, 9.17) is 4.74 Å². The summed E-state index contributed by atoms with van der Waals surface area (Å²) < 4.78 is 5.47. The quantitative estimate of drug-likeness (QED) is 0.798. The zero-order chi connectivity index (χ0) is 19.4. The molecule has 2 aliphatic rings. The monoisotopic (exact) mass is 372 g/mol. The van der Waals surface area contributed by atoms with Crippen LogP contribution in [0.1, 0.15) is 51.5 Å². The second-order valence-corrected chi connectivity index (χ2v) is 8.26. The molecule has 2 heterocycles. The molecule has 148 valence electrons. The van der Waals surface area contributed by atoms with Crippen molar-refractivity contribution in [1.82, 2.24) is 9.80 Å². The van der Waals surface area contributed by atoms with Crippen molar-refractivity contribution in [3.8, 4) is 0 Å². The zero-order valence-corrected chi connectivity index (χ0v) is 16.8. The van der Waals surface area contributed by atoms with E-state index in [1.54, 1.807) is 0 Å². The van der Waals surface area contributed by atoms with E-state index >= 15 is 0 Å². The minimum Gasteiger partial charge on any atom is -0.369 e. The Morgan fingerprint density at radius 1 is 1.22 bits per heavy atom. The maximum absolute atomic E-state index is 12.9. The smallest absolute Gasteiger partial charge is 0.248 e. The van der Waals surface area contributed by atoms with Gasteiger partial charge >= 0.3 is 0 Å². The highest BCUT2D eigenvalue weighted by Gasteiger charge is 2.46. The molecule has 0 N–H and O–H groups in total. The van der Waals surface area contributed by atoms with E-state index in [-0.39, 0.29) is 35.9 Å². The second kappa shape index (κ2) is 8.42. The Balaban J connectivity index is 1.69. The van der Waals surface area contributed by atoms with Gasteiger partial charge in [0, 0.05) is 26.2 Å². The molecule has 1 atom stereocenters. The van der Waals surface area contributed by atoms with Crippen LogP contribution in [0.2, 0.25) is 0 Å². The van der Waals surface area contributed by atoms with Crippen LogP contribution >= 0.6 is 0 Å². The van der Waals surface area contributed by atoms with Crippen molar-refractivity contribution in [2.24, 2.45) is 5.41 Å². The number of carbonyl (C=O) groups excluding carboxylic acids is 2. The average molecular weight is 373 g/mol. The predicted molar refractivity (Wildman–Crippen MR) is 105 cm³/mol. The molecule has 1 aromatic rings. The lowest BCUT2D eigenvalue weighted by atomic mass is 9.67. The van der Waals surface area contributed by atoms with Crippen LogP contribution in [0.5, 0.6) is 0 Å². The summed E-state index contributed by atoms with van der Waals surface area (Å²) in [5, 5.41) is 0. The molecule has 0 bridgehead atoms. The van der Waals surface area contributed by atoms with Gasteiger partial charge in [-0.1, -0.05) is 30.3 Å². The SMILES string of the molecule is CCN1CC2(CCN(C(=O)COC(C)C)CC2)C[C@@H](c2ccccc2)C1=O. The number of nitrogens with zero attached hydrogens (tertiary/aromatic N) is 2. The maximum Gasteiger partial charge on any atom is 0.248 e. The van der Waals surface area contributed by atoms with Crippen LogP contribution < -0.4 is 0 Å². The molecule has 5 heteroatoms. The molecule has 2 fully saturated rings. The molecule has 1 aromatic carbocycles. The van der Waals surface area contributed by atoms with E-state index in [0.717, 1.165) is 51.0 Å². The topological polar surface area (TPSA) is 49.9 Å². The van der Waals surface area contributed by atoms with E-state index in [0.29, 0.717) is 0 Å². The van der Waals surface area contributed by atoms with Gasteiger partial charge in [-0.2, -0.15) is 0 Å². The van der Waals surface area contributed by atoms with Gasteiger partial charge in [0.15, 0.2) is 0 Å². The van der Waals surface area contributed by atoms with Crippen molar-refractivity contribution in [3.05, 3.63) is 35.9 Å². The third kappa shape index (κ3) is 4.52. The Labute approximate surface area is 162 Å². The highest BCUT2D eigenvalue weighted by molar-refractivity contribution is 5.85. The van der Waals surface area contributed by atoms with Gasteiger partial charge in [-0.05, 0) is 51.0 Å². The van der Waals surface area contributed by atoms with Gasteiger partial charge in [-0.15, -0.1) is 0 Å². The van der Waals surface area contributed by atoms with E-state index in [1.807, 2.05) is 41.8 Å². The van der Waals surface area contributed by atoms with Crippen molar-refractivity contribution in [2.45, 2.75) is 52.1 Å². The lowest BCUT2D eigenvalue weighted by Gasteiger charge is -2.49. The largest absolute Gasteiger partial charge is 0.369 e. The standard InChI is InChI=1S/C22H32N2O3/c1-4-23-16-22(14-19(21(23)26)18-8-6-5-7-9-18)10-12-24(13-11-22)20(25)15-27-17(2)3/h5-9,17,19H,4,10-16H2,1-3H3/t19-/m0/s1. The van der Waals surface area contributed by atoms with Crippen LogP contribution in [0, 0.1) is 5.41 Å². The first-order valence-electron chi connectivity index (χ1n) is 10.2. The highest BCUT2D eigenvalue weighted by Crippen LogP contribution is 2.45. The van der Waals surface area contributed by atoms with Crippen molar-refractivity contribution >= 4 is 11.8 Å². The Morgan fingerprint density at radius 2 is 1.89 bits per heavy atom. The summed E-state index contributed by atoms with van der Waals surface area (Å²) >= 11 is 0. The number of hydrogen-bond donors (Lipinski definition) is 0. The average Bonchev–Trinajstić information content (AvgIpc) is 2.69. The first kappa shape index (κ1) is 19.9. The number of carbonyl (C=O) groups is 2. The van der Waals surface area contributed by atoms with Crippen LogP contribution in [0.15, 0.2) is 30.3 Å². The van der Waals surface area contributed by atoms with E-state index in [1.165, 1.54) is 0 Å². The number of hydrogen-bond acceptors (Lipinski definition) is 3. The first-order chi connectivity index (χ1) is 12.9. The van der Waals surface area contributed by atoms with Gasteiger partial charge in [0.1, 0.15) is 6.61 Å². The molecule has 3 rings (SSSR count). The third-order valence-electron chi connectivity index (χ3n) is 6.07. The summed E-state index contributed by atoms with van der Waals surface area (Å²) in [5.74, 6) is 0.266. The van der Waals surface area contributed by atoms with Crippen LogP contribution in [0.4, 0.5) is 0 Å². The fraction of sp³-hybridized carbons (Fsp3) is 0.636. The molecule has 5 nitrogen and oxygen atoms in total.